The third kappa shape index (κ3) is 2.98. The van der Waals surface area contributed by atoms with Crippen LogP contribution in [0.3, 0.4) is 0 Å². The van der Waals surface area contributed by atoms with E-state index in [9.17, 15) is 9.59 Å². The minimum Gasteiger partial charge on any atom is -0.296 e. The topological polar surface area (TPSA) is 46.2 Å². The maximum absolute atomic E-state index is 12.2. The molecule has 1 heterocycles. The highest BCUT2D eigenvalue weighted by Crippen LogP contribution is 2.37. The highest BCUT2D eigenvalue weighted by atomic mass is 35.5. The Morgan fingerprint density at radius 1 is 1.42 bits per heavy atom. The van der Waals surface area contributed by atoms with Crippen molar-refractivity contribution in [2.75, 3.05) is 0 Å². The molecule has 2 rings (SSSR count). The molecule has 3 nitrogen and oxygen atoms in total. The molecule has 0 spiro atoms. The third-order valence-electron chi connectivity index (χ3n) is 3.98. The molecule has 19 heavy (non-hydrogen) atoms. The Hall–Kier alpha value is -1.35. The largest absolute Gasteiger partial charge is 0.296 e. The Morgan fingerprint density at radius 3 is 2.79 bits per heavy atom. The van der Waals surface area contributed by atoms with Crippen LogP contribution in [0.25, 0.3) is 0 Å². The first kappa shape index (κ1) is 14.1. The minimum atomic E-state index is -0.286. The fourth-order valence-corrected chi connectivity index (χ4v) is 2.92. The normalized spacial score (nSPS) is 25.0. The molecular weight excluding hydrogens is 262 g/mol. The Bertz CT molecular complexity index is 501. The molecule has 1 aliphatic heterocycles. The van der Waals surface area contributed by atoms with Crippen LogP contribution in [0, 0.1) is 11.8 Å². The number of rotatable bonds is 3. The Morgan fingerprint density at radius 2 is 2.16 bits per heavy atom. The smallest absolute Gasteiger partial charge is 0.234 e. The van der Waals surface area contributed by atoms with Crippen molar-refractivity contribution in [3.8, 4) is 0 Å². The summed E-state index contributed by atoms with van der Waals surface area (Å²) >= 11 is 6.00. The van der Waals surface area contributed by atoms with Crippen molar-refractivity contribution in [2.24, 2.45) is 11.8 Å². The van der Waals surface area contributed by atoms with Crippen molar-refractivity contribution in [1.29, 1.82) is 0 Å². The number of hydrogen-bond donors (Lipinski definition) is 1. The van der Waals surface area contributed by atoms with Crippen molar-refractivity contribution < 1.29 is 9.59 Å². The van der Waals surface area contributed by atoms with Gasteiger partial charge >= 0.3 is 0 Å². The lowest BCUT2D eigenvalue weighted by Crippen LogP contribution is -2.46. The van der Waals surface area contributed by atoms with Crippen LogP contribution in [0.4, 0.5) is 0 Å². The van der Waals surface area contributed by atoms with Crippen LogP contribution in [0.5, 0.6) is 0 Å². The van der Waals surface area contributed by atoms with Gasteiger partial charge in [-0.1, -0.05) is 44.0 Å². The second-order valence-corrected chi connectivity index (χ2v) is 5.64. The summed E-state index contributed by atoms with van der Waals surface area (Å²) in [6.45, 7) is 4.17. The summed E-state index contributed by atoms with van der Waals surface area (Å²) < 4.78 is 0. The van der Waals surface area contributed by atoms with Crippen molar-refractivity contribution >= 4 is 23.4 Å². The molecule has 0 radical (unpaired) electrons. The van der Waals surface area contributed by atoms with E-state index >= 15 is 0 Å². The molecule has 0 aromatic heterocycles. The van der Waals surface area contributed by atoms with Crippen LogP contribution in [0.2, 0.25) is 5.02 Å². The highest BCUT2D eigenvalue weighted by molar-refractivity contribution is 6.30. The summed E-state index contributed by atoms with van der Waals surface area (Å²) in [6.07, 6.45) is 1.35. The summed E-state index contributed by atoms with van der Waals surface area (Å²) in [5.74, 6) is -0.299. The molecule has 1 saturated heterocycles. The molecular formula is C15H18ClNO2. The van der Waals surface area contributed by atoms with E-state index in [0.717, 1.165) is 12.0 Å². The Kier molecular flexibility index (Phi) is 4.25. The molecule has 0 saturated carbocycles. The molecule has 1 fully saturated rings. The fourth-order valence-electron chi connectivity index (χ4n) is 2.72. The number of amides is 2. The van der Waals surface area contributed by atoms with Crippen LogP contribution in [-0.2, 0) is 9.59 Å². The van der Waals surface area contributed by atoms with Gasteiger partial charge in [-0.25, -0.2) is 0 Å². The van der Waals surface area contributed by atoms with E-state index in [-0.39, 0.29) is 23.7 Å². The number of carbonyl (C=O) groups is 2. The van der Waals surface area contributed by atoms with Crippen molar-refractivity contribution in [2.45, 2.75) is 32.6 Å². The van der Waals surface area contributed by atoms with E-state index < -0.39 is 0 Å². The fraction of sp³-hybridized carbons (Fsp3) is 0.467. The summed E-state index contributed by atoms with van der Waals surface area (Å²) in [7, 11) is 0. The summed E-state index contributed by atoms with van der Waals surface area (Å²) in [5.41, 5.74) is 0.891. The van der Waals surface area contributed by atoms with Gasteiger partial charge in [-0.3, -0.25) is 14.9 Å². The first-order valence-corrected chi connectivity index (χ1v) is 7.00. The molecule has 3 atom stereocenters. The van der Waals surface area contributed by atoms with Gasteiger partial charge in [0.05, 0.1) is 5.92 Å². The Labute approximate surface area is 118 Å². The van der Waals surface area contributed by atoms with Gasteiger partial charge in [-0.05, 0) is 29.5 Å². The number of hydrogen-bond acceptors (Lipinski definition) is 2. The van der Waals surface area contributed by atoms with Crippen molar-refractivity contribution in [1.82, 2.24) is 5.32 Å². The minimum absolute atomic E-state index is 0.0460. The zero-order valence-corrected chi connectivity index (χ0v) is 11.9. The van der Waals surface area contributed by atoms with Gasteiger partial charge in [0.25, 0.3) is 0 Å². The standard InChI is InChI=1S/C15H18ClNO2/c1-3-9(2)12-8-13(18)17-15(19)14(12)10-5-4-6-11(16)7-10/h4-7,9,12,14H,3,8H2,1-2H3,(H,17,18,19). The van der Waals surface area contributed by atoms with Gasteiger partial charge in [-0.2, -0.15) is 0 Å². The van der Waals surface area contributed by atoms with E-state index in [1.807, 2.05) is 18.2 Å². The van der Waals surface area contributed by atoms with E-state index in [1.54, 1.807) is 6.07 Å². The van der Waals surface area contributed by atoms with Crippen LogP contribution in [0.15, 0.2) is 24.3 Å². The van der Waals surface area contributed by atoms with Crippen LogP contribution in [0.1, 0.15) is 38.2 Å². The predicted octanol–water partition coefficient (Wildman–Crippen LogP) is 3.13. The molecule has 1 aliphatic rings. The van der Waals surface area contributed by atoms with Crippen molar-refractivity contribution in [3.05, 3.63) is 34.9 Å². The van der Waals surface area contributed by atoms with Crippen LogP contribution in [-0.4, -0.2) is 11.8 Å². The number of halogens is 1. The van der Waals surface area contributed by atoms with E-state index in [1.165, 1.54) is 0 Å². The lowest BCUT2D eigenvalue weighted by molar-refractivity contribution is -0.137. The number of piperidine rings is 1. The van der Waals surface area contributed by atoms with Gasteiger partial charge in [0.1, 0.15) is 0 Å². The number of carbonyl (C=O) groups excluding carboxylic acids is 2. The second-order valence-electron chi connectivity index (χ2n) is 5.20. The monoisotopic (exact) mass is 279 g/mol. The first-order valence-electron chi connectivity index (χ1n) is 6.62. The van der Waals surface area contributed by atoms with Crippen LogP contribution >= 0.6 is 11.6 Å². The molecule has 3 unspecified atom stereocenters. The number of imide groups is 1. The van der Waals surface area contributed by atoms with Gasteiger partial charge in [0.15, 0.2) is 0 Å². The lowest BCUT2D eigenvalue weighted by atomic mass is 9.73. The highest BCUT2D eigenvalue weighted by Gasteiger charge is 2.39. The first-order chi connectivity index (χ1) is 9.02. The quantitative estimate of drug-likeness (QED) is 0.864. The zero-order valence-electron chi connectivity index (χ0n) is 11.2. The number of nitrogens with one attached hydrogen (secondary N) is 1. The summed E-state index contributed by atoms with van der Waals surface area (Å²) in [4.78, 5) is 23.8. The van der Waals surface area contributed by atoms with E-state index in [4.69, 9.17) is 11.6 Å². The lowest BCUT2D eigenvalue weighted by Gasteiger charge is -2.34. The molecule has 102 valence electrons. The van der Waals surface area contributed by atoms with E-state index in [2.05, 4.69) is 19.2 Å². The maximum atomic E-state index is 12.2. The summed E-state index contributed by atoms with van der Waals surface area (Å²) in [5, 5.41) is 3.05. The van der Waals surface area contributed by atoms with Gasteiger partial charge < -0.3 is 0 Å². The molecule has 1 N–H and O–H groups in total. The number of benzene rings is 1. The molecule has 4 heteroatoms. The van der Waals surface area contributed by atoms with Crippen LogP contribution < -0.4 is 5.32 Å². The molecule has 0 bridgehead atoms. The molecule has 2 amide bonds. The van der Waals surface area contributed by atoms with E-state index in [0.29, 0.717) is 17.4 Å². The Balaban J connectivity index is 2.37. The van der Waals surface area contributed by atoms with Gasteiger partial charge in [-0.15, -0.1) is 0 Å². The maximum Gasteiger partial charge on any atom is 0.234 e. The van der Waals surface area contributed by atoms with Gasteiger partial charge in [0.2, 0.25) is 11.8 Å². The second kappa shape index (κ2) is 5.74. The third-order valence-corrected chi connectivity index (χ3v) is 4.21. The zero-order chi connectivity index (χ0) is 14.0. The molecule has 1 aromatic rings. The molecule has 1 aromatic carbocycles. The predicted molar refractivity (Wildman–Crippen MR) is 74.9 cm³/mol. The van der Waals surface area contributed by atoms with Gasteiger partial charge in [0, 0.05) is 11.4 Å². The SMILES string of the molecule is CCC(C)C1CC(=O)NC(=O)C1c1cccc(Cl)c1. The molecule has 0 aliphatic carbocycles. The average molecular weight is 280 g/mol. The van der Waals surface area contributed by atoms with Crippen molar-refractivity contribution in [3.63, 3.8) is 0 Å². The summed E-state index contributed by atoms with van der Waals surface area (Å²) in [6, 6.07) is 7.35. The average Bonchev–Trinajstić information content (AvgIpc) is 2.36.